The van der Waals surface area contributed by atoms with Crippen LogP contribution in [0, 0.1) is 11.6 Å². The fraction of sp³-hybridized carbons (Fsp3) is 0.200. The molecule has 0 bridgehead atoms. The molecule has 19 heavy (non-hydrogen) atoms. The van der Waals surface area contributed by atoms with Gasteiger partial charge in [0, 0.05) is 6.04 Å². The zero-order valence-corrected chi connectivity index (χ0v) is 11.8. The fourth-order valence-corrected chi connectivity index (χ4v) is 2.43. The van der Waals surface area contributed by atoms with E-state index in [0.29, 0.717) is 17.3 Å². The number of benzene rings is 2. The summed E-state index contributed by atoms with van der Waals surface area (Å²) in [7, 11) is 0. The van der Waals surface area contributed by atoms with Crippen LogP contribution in [0.1, 0.15) is 11.1 Å². The van der Waals surface area contributed by atoms with Crippen LogP contribution in [0.2, 0.25) is 0 Å². The smallest absolute Gasteiger partial charge is 0.137 e. The van der Waals surface area contributed by atoms with Crippen LogP contribution >= 0.6 is 15.9 Å². The van der Waals surface area contributed by atoms with E-state index >= 15 is 0 Å². The molecule has 100 valence electrons. The molecule has 2 aromatic carbocycles. The molecule has 0 aliphatic carbocycles. The van der Waals surface area contributed by atoms with Crippen molar-refractivity contribution in [2.24, 2.45) is 5.73 Å². The van der Waals surface area contributed by atoms with Gasteiger partial charge >= 0.3 is 0 Å². The molecule has 0 spiro atoms. The van der Waals surface area contributed by atoms with E-state index in [1.165, 1.54) is 18.2 Å². The zero-order valence-electron chi connectivity index (χ0n) is 10.2. The van der Waals surface area contributed by atoms with Gasteiger partial charge < -0.3 is 5.73 Å². The van der Waals surface area contributed by atoms with Crippen LogP contribution < -0.4 is 5.73 Å². The Kier molecular flexibility index (Phi) is 4.66. The summed E-state index contributed by atoms with van der Waals surface area (Å²) in [5.41, 5.74) is 7.87. The summed E-state index contributed by atoms with van der Waals surface area (Å²) >= 11 is 3.15. The van der Waals surface area contributed by atoms with Crippen LogP contribution in [0.4, 0.5) is 8.78 Å². The third-order valence-electron chi connectivity index (χ3n) is 2.87. The predicted octanol–water partition coefficient (Wildman–Crippen LogP) is 3.84. The summed E-state index contributed by atoms with van der Waals surface area (Å²) in [6, 6.07) is 11.1. The molecule has 1 unspecified atom stereocenters. The molecule has 0 fully saturated rings. The van der Waals surface area contributed by atoms with E-state index in [2.05, 4.69) is 15.9 Å². The first-order valence-electron chi connectivity index (χ1n) is 5.98. The molecule has 1 nitrogen and oxygen atoms in total. The lowest BCUT2D eigenvalue weighted by Crippen LogP contribution is -2.25. The van der Waals surface area contributed by atoms with Crippen molar-refractivity contribution < 1.29 is 8.78 Å². The normalized spacial score (nSPS) is 12.4. The molecule has 0 amide bonds. The van der Waals surface area contributed by atoms with E-state index in [-0.39, 0.29) is 17.7 Å². The van der Waals surface area contributed by atoms with E-state index in [0.717, 1.165) is 11.1 Å². The molecule has 0 aromatic heterocycles. The highest BCUT2D eigenvalue weighted by Gasteiger charge is 2.08. The highest BCUT2D eigenvalue weighted by molar-refractivity contribution is 9.10. The quantitative estimate of drug-likeness (QED) is 0.908. The summed E-state index contributed by atoms with van der Waals surface area (Å²) in [4.78, 5) is 0. The zero-order chi connectivity index (χ0) is 13.8. The first-order valence-corrected chi connectivity index (χ1v) is 6.78. The van der Waals surface area contributed by atoms with E-state index in [9.17, 15) is 8.78 Å². The highest BCUT2D eigenvalue weighted by Crippen LogP contribution is 2.18. The Morgan fingerprint density at radius 3 is 2.32 bits per heavy atom. The van der Waals surface area contributed by atoms with E-state index in [1.807, 2.05) is 6.07 Å². The molecule has 2 N–H and O–H groups in total. The van der Waals surface area contributed by atoms with Crippen LogP contribution in [0.15, 0.2) is 46.9 Å². The van der Waals surface area contributed by atoms with Crippen molar-refractivity contribution in [1.29, 1.82) is 0 Å². The third kappa shape index (κ3) is 4.11. The van der Waals surface area contributed by atoms with Crippen LogP contribution in [0.3, 0.4) is 0 Å². The Hall–Kier alpha value is -1.26. The molecule has 1 atom stereocenters. The van der Waals surface area contributed by atoms with E-state index in [1.54, 1.807) is 18.2 Å². The van der Waals surface area contributed by atoms with Gasteiger partial charge in [0.25, 0.3) is 0 Å². The second-order valence-electron chi connectivity index (χ2n) is 4.55. The molecule has 4 heteroatoms. The Labute approximate surface area is 119 Å². The van der Waals surface area contributed by atoms with Crippen LogP contribution in [0.25, 0.3) is 0 Å². The van der Waals surface area contributed by atoms with Crippen molar-refractivity contribution in [3.63, 3.8) is 0 Å². The van der Waals surface area contributed by atoms with Gasteiger partial charge in [0.2, 0.25) is 0 Å². The molecular formula is C15H14BrF2N. The standard InChI is InChI=1S/C15H14BrF2N/c16-14-9-11(4-5-15(14)18)8-13(19)7-10-2-1-3-12(17)6-10/h1-6,9,13H,7-8,19H2. The highest BCUT2D eigenvalue weighted by atomic mass is 79.9. The fourth-order valence-electron chi connectivity index (χ4n) is 2.01. The summed E-state index contributed by atoms with van der Waals surface area (Å²) in [6.07, 6.45) is 1.21. The topological polar surface area (TPSA) is 26.0 Å². The van der Waals surface area contributed by atoms with Crippen LogP contribution in [-0.4, -0.2) is 6.04 Å². The van der Waals surface area contributed by atoms with Gasteiger partial charge in [0.15, 0.2) is 0 Å². The Morgan fingerprint density at radius 1 is 1.00 bits per heavy atom. The minimum atomic E-state index is -0.289. The second-order valence-corrected chi connectivity index (χ2v) is 5.40. The summed E-state index contributed by atoms with van der Waals surface area (Å²) < 4.78 is 26.6. The molecule has 2 rings (SSSR count). The van der Waals surface area contributed by atoms with Crippen molar-refractivity contribution in [3.05, 3.63) is 69.7 Å². The van der Waals surface area contributed by atoms with Gasteiger partial charge in [-0.05, 0) is 64.2 Å². The number of rotatable bonds is 4. The summed E-state index contributed by atoms with van der Waals surface area (Å²) in [5.74, 6) is -0.545. The van der Waals surface area contributed by atoms with Gasteiger partial charge in [0.1, 0.15) is 11.6 Å². The first kappa shape index (κ1) is 14.2. The Balaban J connectivity index is 2.01. The van der Waals surface area contributed by atoms with Gasteiger partial charge in [-0.1, -0.05) is 18.2 Å². The lowest BCUT2D eigenvalue weighted by Gasteiger charge is -2.12. The molecular weight excluding hydrogens is 312 g/mol. The van der Waals surface area contributed by atoms with Gasteiger partial charge in [-0.25, -0.2) is 8.78 Å². The minimum Gasteiger partial charge on any atom is -0.327 e. The predicted molar refractivity (Wildman–Crippen MR) is 75.9 cm³/mol. The maximum Gasteiger partial charge on any atom is 0.137 e. The van der Waals surface area contributed by atoms with Crippen molar-refractivity contribution in [1.82, 2.24) is 0 Å². The molecule has 0 aliphatic heterocycles. The second kappa shape index (κ2) is 6.26. The van der Waals surface area contributed by atoms with Crippen molar-refractivity contribution in [3.8, 4) is 0 Å². The molecule has 0 saturated heterocycles. The Bertz CT molecular complexity index is 572. The van der Waals surface area contributed by atoms with Crippen molar-refractivity contribution >= 4 is 15.9 Å². The first-order chi connectivity index (χ1) is 9.04. The van der Waals surface area contributed by atoms with E-state index < -0.39 is 0 Å². The number of nitrogens with two attached hydrogens (primary N) is 1. The summed E-state index contributed by atoms with van der Waals surface area (Å²) in [6.45, 7) is 0. The van der Waals surface area contributed by atoms with Gasteiger partial charge in [-0.2, -0.15) is 0 Å². The van der Waals surface area contributed by atoms with Crippen LogP contribution in [-0.2, 0) is 12.8 Å². The monoisotopic (exact) mass is 325 g/mol. The minimum absolute atomic E-state index is 0.126. The average Bonchev–Trinajstić information content (AvgIpc) is 2.34. The largest absolute Gasteiger partial charge is 0.327 e. The SMILES string of the molecule is NC(Cc1cccc(F)c1)Cc1ccc(F)c(Br)c1. The Morgan fingerprint density at radius 2 is 1.68 bits per heavy atom. The molecule has 0 radical (unpaired) electrons. The maximum absolute atomic E-state index is 13.1. The number of halogens is 3. The molecule has 0 heterocycles. The third-order valence-corrected chi connectivity index (χ3v) is 3.48. The van der Waals surface area contributed by atoms with Crippen LogP contribution in [0.5, 0.6) is 0 Å². The van der Waals surface area contributed by atoms with E-state index in [4.69, 9.17) is 5.73 Å². The van der Waals surface area contributed by atoms with Crippen molar-refractivity contribution in [2.45, 2.75) is 18.9 Å². The average molecular weight is 326 g/mol. The molecule has 0 saturated carbocycles. The van der Waals surface area contributed by atoms with Gasteiger partial charge in [-0.3, -0.25) is 0 Å². The van der Waals surface area contributed by atoms with Gasteiger partial charge in [-0.15, -0.1) is 0 Å². The molecule has 0 aliphatic rings. The summed E-state index contributed by atoms with van der Waals surface area (Å²) in [5, 5.41) is 0. The number of hydrogen-bond acceptors (Lipinski definition) is 1. The van der Waals surface area contributed by atoms with Gasteiger partial charge in [0.05, 0.1) is 4.47 Å². The lowest BCUT2D eigenvalue weighted by atomic mass is 10.00. The number of hydrogen-bond donors (Lipinski definition) is 1. The lowest BCUT2D eigenvalue weighted by molar-refractivity contribution is 0.612. The molecule has 2 aromatic rings. The van der Waals surface area contributed by atoms with Crippen molar-refractivity contribution in [2.75, 3.05) is 0 Å². The maximum atomic E-state index is 13.1.